The van der Waals surface area contributed by atoms with E-state index >= 15 is 0 Å². The molecule has 0 aromatic carbocycles. The van der Waals surface area contributed by atoms with Gasteiger partial charge in [0.15, 0.2) is 0 Å². The number of hydrogen-bond donors (Lipinski definition) is 0. The van der Waals surface area contributed by atoms with Gasteiger partial charge in [0.2, 0.25) is 0 Å². The van der Waals surface area contributed by atoms with Gasteiger partial charge in [-0.05, 0) is 30.9 Å². The molecule has 2 aromatic heterocycles. The number of carbonyl (C=O) groups is 2. The zero-order valence-electron chi connectivity index (χ0n) is 15.5. The summed E-state index contributed by atoms with van der Waals surface area (Å²) in [7, 11) is 1.37. The minimum Gasteiger partial charge on any atom is -0.465 e. The van der Waals surface area contributed by atoms with Crippen LogP contribution < -0.4 is 0 Å². The molecule has 27 heavy (non-hydrogen) atoms. The summed E-state index contributed by atoms with van der Waals surface area (Å²) in [5, 5.41) is 0. The predicted octanol–water partition coefficient (Wildman–Crippen LogP) is 4.58. The van der Waals surface area contributed by atoms with E-state index in [4.69, 9.17) is 16.0 Å². The average molecular weight is 404 g/mol. The molecule has 2 aromatic rings. The average Bonchev–Trinajstić information content (AvgIpc) is 3.24. The molecular weight excluding hydrogens is 382 g/mol. The summed E-state index contributed by atoms with van der Waals surface area (Å²) in [4.78, 5) is 30.5. The van der Waals surface area contributed by atoms with Gasteiger partial charge < -0.3 is 9.47 Å². The summed E-state index contributed by atoms with van der Waals surface area (Å²) in [5.74, 6) is -0.0592. The van der Waals surface area contributed by atoms with Gasteiger partial charge in [-0.15, -0.1) is 22.7 Å². The quantitative estimate of drug-likeness (QED) is 0.403. The van der Waals surface area contributed by atoms with E-state index in [0.717, 1.165) is 33.7 Å². The summed E-state index contributed by atoms with van der Waals surface area (Å²) < 4.78 is 9.82. The highest BCUT2D eigenvalue weighted by molar-refractivity contribution is 7.14. The molecule has 7 heteroatoms. The lowest BCUT2D eigenvalue weighted by molar-refractivity contribution is -0.129. The van der Waals surface area contributed by atoms with E-state index in [1.165, 1.54) is 23.3 Å². The highest BCUT2D eigenvalue weighted by Gasteiger charge is 2.48. The number of hydrogen-bond acceptors (Lipinski definition) is 6. The Morgan fingerprint density at radius 1 is 1.30 bits per heavy atom. The van der Waals surface area contributed by atoms with Crippen LogP contribution in [0.2, 0.25) is 0 Å². The number of ether oxygens (including phenoxy) is 2. The molecule has 0 fully saturated rings. The molecule has 0 amide bonds. The lowest BCUT2D eigenvalue weighted by Gasteiger charge is -2.23. The van der Waals surface area contributed by atoms with E-state index in [0.29, 0.717) is 23.7 Å². The second-order valence-electron chi connectivity index (χ2n) is 6.97. The third kappa shape index (κ3) is 3.52. The molecule has 142 valence electrons. The van der Waals surface area contributed by atoms with Crippen LogP contribution in [0.15, 0.2) is 12.1 Å². The number of esters is 1. The molecule has 0 spiro atoms. The molecule has 0 aliphatic heterocycles. The summed E-state index contributed by atoms with van der Waals surface area (Å²) in [6.07, 6.45) is 2.26. The standard InChI is InChI=1S/C20H21NO4S2/c1-12(2)9-20(21-3)14-7-13(10-25-11-22)26-16(14)5-6-17-15(20)8-18(27-17)19(23)24-4/h7-8,11-12H,5-6,9-10H2,1-2,4H3. The van der Waals surface area contributed by atoms with E-state index < -0.39 is 5.54 Å². The molecule has 0 radical (unpaired) electrons. The zero-order chi connectivity index (χ0) is 19.6. The van der Waals surface area contributed by atoms with Crippen molar-refractivity contribution < 1.29 is 19.1 Å². The zero-order valence-corrected chi connectivity index (χ0v) is 17.2. The van der Waals surface area contributed by atoms with Crippen molar-refractivity contribution in [3.05, 3.63) is 54.2 Å². The van der Waals surface area contributed by atoms with Gasteiger partial charge in [0.25, 0.3) is 12.0 Å². The fourth-order valence-electron chi connectivity index (χ4n) is 3.72. The molecule has 0 saturated carbocycles. The lowest BCUT2D eigenvalue weighted by Crippen LogP contribution is -2.26. The summed E-state index contributed by atoms with van der Waals surface area (Å²) >= 11 is 3.04. The number of thiophene rings is 2. The number of nitrogens with zero attached hydrogens (tertiary/aromatic N) is 1. The van der Waals surface area contributed by atoms with Crippen molar-refractivity contribution >= 4 is 35.1 Å². The van der Waals surface area contributed by atoms with Crippen LogP contribution in [0.3, 0.4) is 0 Å². The Labute approximate surface area is 166 Å². The Morgan fingerprint density at radius 2 is 1.96 bits per heavy atom. The fraction of sp³-hybridized carbons (Fsp3) is 0.450. The van der Waals surface area contributed by atoms with Gasteiger partial charge in [-0.1, -0.05) is 13.8 Å². The number of methoxy groups -OCH3 is 1. The van der Waals surface area contributed by atoms with Crippen molar-refractivity contribution in [2.75, 3.05) is 7.11 Å². The van der Waals surface area contributed by atoms with Crippen molar-refractivity contribution in [3.63, 3.8) is 0 Å². The Hall–Kier alpha value is -2.17. The van der Waals surface area contributed by atoms with E-state index in [1.807, 2.05) is 12.1 Å². The van der Waals surface area contributed by atoms with E-state index in [1.54, 1.807) is 11.3 Å². The molecule has 1 atom stereocenters. The number of fused-ring (bicyclic) bond motifs is 2. The topological polar surface area (TPSA) is 57.0 Å². The van der Waals surface area contributed by atoms with Gasteiger partial charge in [0.05, 0.1) is 18.2 Å². The summed E-state index contributed by atoms with van der Waals surface area (Å²) in [5.41, 5.74) is 1.10. The normalized spacial score (nSPS) is 18.2. The fourth-order valence-corrected chi connectivity index (χ4v) is 6.03. The molecule has 1 aliphatic carbocycles. The molecule has 1 unspecified atom stereocenters. The van der Waals surface area contributed by atoms with Crippen LogP contribution in [-0.4, -0.2) is 19.6 Å². The molecule has 0 N–H and O–H groups in total. The molecular formula is C20H21NO4S2. The van der Waals surface area contributed by atoms with Crippen LogP contribution in [-0.2, 0) is 39.3 Å². The van der Waals surface area contributed by atoms with Crippen molar-refractivity contribution in [1.29, 1.82) is 0 Å². The first-order chi connectivity index (χ1) is 12.9. The Bertz CT molecular complexity index is 906. The first-order valence-corrected chi connectivity index (χ1v) is 10.4. The predicted molar refractivity (Wildman–Crippen MR) is 105 cm³/mol. The molecule has 3 rings (SSSR count). The molecule has 0 saturated heterocycles. The van der Waals surface area contributed by atoms with Gasteiger partial charge in [-0.2, -0.15) is 0 Å². The molecule has 5 nitrogen and oxygen atoms in total. The molecule has 2 heterocycles. The van der Waals surface area contributed by atoms with Crippen LogP contribution >= 0.6 is 22.7 Å². The van der Waals surface area contributed by atoms with Crippen LogP contribution in [0.25, 0.3) is 4.85 Å². The first kappa shape index (κ1) is 19.6. The number of carbonyl (C=O) groups excluding carboxylic acids is 2. The van der Waals surface area contributed by atoms with Gasteiger partial charge in [-0.25, -0.2) is 11.4 Å². The molecule has 1 aliphatic rings. The Kier molecular flexibility index (Phi) is 5.68. The Morgan fingerprint density at radius 3 is 2.56 bits per heavy atom. The minimum absolute atomic E-state index is 0.223. The van der Waals surface area contributed by atoms with Gasteiger partial charge >= 0.3 is 5.97 Å². The number of aryl methyl sites for hydroxylation is 2. The van der Waals surface area contributed by atoms with Crippen LogP contribution in [0.4, 0.5) is 0 Å². The SMILES string of the molecule is [C-]#[N+]C1(CC(C)C)c2cc(COC=O)sc2CCc2sc(C(=O)OC)cc21. The third-order valence-corrected chi connectivity index (χ3v) is 7.06. The van der Waals surface area contributed by atoms with Crippen molar-refractivity contribution in [1.82, 2.24) is 0 Å². The maximum absolute atomic E-state index is 12.1. The smallest absolute Gasteiger partial charge is 0.348 e. The van der Waals surface area contributed by atoms with Gasteiger partial charge in [-0.3, -0.25) is 9.64 Å². The largest absolute Gasteiger partial charge is 0.465 e. The second kappa shape index (κ2) is 7.83. The van der Waals surface area contributed by atoms with E-state index in [2.05, 4.69) is 18.7 Å². The summed E-state index contributed by atoms with van der Waals surface area (Å²) in [6.45, 7) is 13.0. The van der Waals surface area contributed by atoms with Crippen molar-refractivity contribution in [2.24, 2.45) is 5.92 Å². The van der Waals surface area contributed by atoms with Gasteiger partial charge in [0.1, 0.15) is 11.5 Å². The monoisotopic (exact) mass is 403 g/mol. The van der Waals surface area contributed by atoms with Crippen LogP contribution in [0.1, 0.15) is 55.7 Å². The van der Waals surface area contributed by atoms with E-state index in [-0.39, 0.29) is 12.6 Å². The van der Waals surface area contributed by atoms with Crippen molar-refractivity contribution in [3.8, 4) is 0 Å². The highest BCUT2D eigenvalue weighted by atomic mass is 32.1. The van der Waals surface area contributed by atoms with Crippen LogP contribution in [0.5, 0.6) is 0 Å². The maximum Gasteiger partial charge on any atom is 0.348 e. The third-order valence-electron chi connectivity index (χ3n) is 4.71. The second-order valence-corrected chi connectivity index (χ2v) is 9.32. The van der Waals surface area contributed by atoms with Crippen LogP contribution in [0, 0.1) is 12.5 Å². The van der Waals surface area contributed by atoms with E-state index in [9.17, 15) is 9.59 Å². The highest BCUT2D eigenvalue weighted by Crippen LogP contribution is 2.49. The lowest BCUT2D eigenvalue weighted by atomic mass is 9.78. The van der Waals surface area contributed by atoms with Crippen molar-refractivity contribution in [2.45, 2.75) is 45.3 Å². The maximum atomic E-state index is 12.1. The first-order valence-electron chi connectivity index (χ1n) is 8.72. The van der Waals surface area contributed by atoms with Gasteiger partial charge in [0, 0.05) is 21.1 Å². The minimum atomic E-state index is -0.825. The number of rotatable bonds is 6. The molecule has 0 bridgehead atoms. The Balaban J connectivity index is 2.19. The summed E-state index contributed by atoms with van der Waals surface area (Å²) in [6, 6.07) is 3.86.